The average Bonchev–Trinajstić information content (AvgIpc) is 2.93. The van der Waals surface area contributed by atoms with Crippen LogP contribution < -0.4 is 16.4 Å². The predicted octanol–water partition coefficient (Wildman–Crippen LogP) is 2.79. The molecule has 0 aliphatic carbocycles. The minimum atomic E-state index is 0.0573. The molecule has 1 amide bonds. The molecule has 1 unspecified atom stereocenters. The Morgan fingerprint density at radius 3 is 3.05 bits per heavy atom. The van der Waals surface area contributed by atoms with Gasteiger partial charge in [0.05, 0.1) is 17.6 Å². The number of rotatable bonds is 4. The molecule has 1 aliphatic rings. The molecule has 0 saturated heterocycles. The molecule has 0 spiro atoms. The smallest absolute Gasteiger partial charge is 0.224 e. The Labute approximate surface area is 123 Å². The van der Waals surface area contributed by atoms with E-state index in [1.165, 1.54) is 0 Å². The van der Waals surface area contributed by atoms with Crippen molar-refractivity contribution < 1.29 is 9.21 Å². The first kappa shape index (κ1) is 13.5. The summed E-state index contributed by atoms with van der Waals surface area (Å²) in [6.45, 7) is 2.07. The minimum absolute atomic E-state index is 0.0573. The molecule has 3 rings (SSSR count). The van der Waals surface area contributed by atoms with Crippen molar-refractivity contribution in [1.29, 1.82) is 0 Å². The fourth-order valence-corrected chi connectivity index (χ4v) is 2.62. The van der Waals surface area contributed by atoms with Crippen molar-refractivity contribution in [1.82, 2.24) is 0 Å². The molecule has 5 nitrogen and oxygen atoms in total. The number of nitrogens with one attached hydrogen (secondary N) is 2. The summed E-state index contributed by atoms with van der Waals surface area (Å²) in [5, 5.41) is 6.27. The van der Waals surface area contributed by atoms with Gasteiger partial charge in [0.15, 0.2) is 0 Å². The Morgan fingerprint density at radius 2 is 2.29 bits per heavy atom. The third-order valence-corrected chi connectivity index (χ3v) is 3.66. The van der Waals surface area contributed by atoms with E-state index in [-0.39, 0.29) is 11.9 Å². The first-order chi connectivity index (χ1) is 10.1. The number of nitrogens with two attached hydrogens (primary N) is 1. The molecule has 1 aromatic heterocycles. The highest BCUT2D eigenvalue weighted by Crippen LogP contribution is 2.31. The summed E-state index contributed by atoms with van der Waals surface area (Å²) in [7, 11) is 0. The van der Waals surface area contributed by atoms with Crippen LogP contribution in [-0.2, 0) is 17.6 Å². The van der Waals surface area contributed by atoms with Crippen LogP contribution in [-0.4, -0.2) is 11.9 Å². The largest absolute Gasteiger partial charge is 0.469 e. The first-order valence-corrected chi connectivity index (χ1v) is 7.13. The van der Waals surface area contributed by atoms with Gasteiger partial charge in [-0.25, -0.2) is 0 Å². The molecule has 4 N–H and O–H groups in total. The topological polar surface area (TPSA) is 80.3 Å². The molecule has 5 heteroatoms. The van der Waals surface area contributed by atoms with Crippen LogP contribution >= 0.6 is 0 Å². The number of amides is 1. The van der Waals surface area contributed by atoms with E-state index < -0.39 is 0 Å². The molecule has 110 valence electrons. The van der Waals surface area contributed by atoms with Crippen molar-refractivity contribution >= 4 is 23.0 Å². The fourth-order valence-electron chi connectivity index (χ4n) is 2.62. The zero-order valence-electron chi connectivity index (χ0n) is 12.0. The van der Waals surface area contributed by atoms with Gasteiger partial charge in [-0.05, 0) is 43.2 Å². The van der Waals surface area contributed by atoms with Crippen LogP contribution in [0.4, 0.5) is 17.1 Å². The number of nitrogen functional groups attached to an aromatic ring is 1. The molecule has 2 heterocycles. The van der Waals surface area contributed by atoms with Crippen molar-refractivity contribution in [3.63, 3.8) is 0 Å². The maximum Gasteiger partial charge on any atom is 0.224 e. The molecule has 1 aliphatic heterocycles. The third kappa shape index (κ3) is 3.02. The average molecular weight is 285 g/mol. The van der Waals surface area contributed by atoms with Gasteiger partial charge in [0.1, 0.15) is 5.76 Å². The summed E-state index contributed by atoms with van der Waals surface area (Å²) in [6, 6.07) is 7.87. The van der Waals surface area contributed by atoms with Gasteiger partial charge >= 0.3 is 0 Å². The lowest BCUT2D eigenvalue weighted by molar-refractivity contribution is -0.116. The van der Waals surface area contributed by atoms with Crippen LogP contribution in [0.3, 0.4) is 0 Å². The lowest BCUT2D eigenvalue weighted by Gasteiger charge is -2.21. The zero-order chi connectivity index (χ0) is 14.8. The predicted molar refractivity (Wildman–Crippen MR) is 83.3 cm³/mol. The maximum absolute atomic E-state index is 11.5. The van der Waals surface area contributed by atoms with Gasteiger partial charge in [-0.15, -0.1) is 0 Å². The molecule has 21 heavy (non-hydrogen) atoms. The van der Waals surface area contributed by atoms with Gasteiger partial charge < -0.3 is 20.8 Å². The Balaban J connectivity index is 1.75. The summed E-state index contributed by atoms with van der Waals surface area (Å²) in [5.41, 5.74) is 9.60. The number of hydrogen-bond donors (Lipinski definition) is 3. The number of furan rings is 1. The van der Waals surface area contributed by atoms with Gasteiger partial charge in [-0.2, -0.15) is 0 Å². The Hall–Kier alpha value is -2.43. The monoisotopic (exact) mass is 285 g/mol. The minimum Gasteiger partial charge on any atom is -0.469 e. The summed E-state index contributed by atoms with van der Waals surface area (Å²) >= 11 is 0. The van der Waals surface area contributed by atoms with Gasteiger partial charge in [0.25, 0.3) is 0 Å². The number of hydrogen-bond acceptors (Lipinski definition) is 4. The molecule has 0 saturated carbocycles. The lowest BCUT2D eigenvalue weighted by Crippen LogP contribution is -2.22. The second-order valence-electron chi connectivity index (χ2n) is 5.47. The maximum atomic E-state index is 11.5. The molecule has 0 radical (unpaired) electrons. The first-order valence-electron chi connectivity index (χ1n) is 7.13. The third-order valence-electron chi connectivity index (χ3n) is 3.66. The zero-order valence-corrected chi connectivity index (χ0v) is 12.0. The Kier molecular flexibility index (Phi) is 3.56. The highest BCUT2D eigenvalue weighted by molar-refractivity contribution is 5.95. The SMILES string of the molecule is CC(Cc1ccco1)Nc1cc2c(cc1N)CCC(=O)N2. The lowest BCUT2D eigenvalue weighted by atomic mass is 10.0. The summed E-state index contributed by atoms with van der Waals surface area (Å²) < 4.78 is 5.35. The quantitative estimate of drug-likeness (QED) is 0.755. The van der Waals surface area contributed by atoms with E-state index in [1.54, 1.807) is 6.26 Å². The summed E-state index contributed by atoms with van der Waals surface area (Å²) in [5.74, 6) is 0.988. The number of carbonyl (C=O) groups is 1. The molecular formula is C16H19N3O2. The number of anilines is 3. The Bertz CT molecular complexity index is 650. The van der Waals surface area contributed by atoms with Crippen LogP contribution in [0, 0.1) is 0 Å². The highest BCUT2D eigenvalue weighted by Gasteiger charge is 2.17. The molecule has 0 bridgehead atoms. The van der Waals surface area contributed by atoms with E-state index in [0.29, 0.717) is 12.1 Å². The summed E-state index contributed by atoms with van der Waals surface area (Å²) in [4.78, 5) is 11.5. The van der Waals surface area contributed by atoms with Crippen molar-refractivity contribution in [2.75, 3.05) is 16.4 Å². The van der Waals surface area contributed by atoms with Crippen molar-refractivity contribution in [3.8, 4) is 0 Å². The van der Waals surface area contributed by atoms with Crippen LogP contribution in [0.15, 0.2) is 34.9 Å². The van der Waals surface area contributed by atoms with Crippen LogP contribution in [0.25, 0.3) is 0 Å². The van der Waals surface area contributed by atoms with Crippen LogP contribution in [0.5, 0.6) is 0 Å². The number of benzene rings is 1. The fraction of sp³-hybridized carbons (Fsp3) is 0.312. The van der Waals surface area contributed by atoms with E-state index in [9.17, 15) is 4.79 Å². The number of carbonyl (C=O) groups excluding carboxylic acids is 1. The molecule has 1 atom stereocenters. The summed E-state index contributed by atoms with van der Waals surface area (Å²) in [6.07, 6.45) is 3.71. The van der Waals surface area contributed by atoms with E-state index in [4.69, 9.17) is 10.2 Å². The molecule has 0 fully saturated rings. The Morgan fingerprint density at radius 1 is 1.43 bits per heavy atom. The highest BCUT2D eigenvalue weighted by atomic mass is 16.3. The molecular weight excluding hydrogens is 266 g/mol. The van der Waals surface area contributed by atoms with Crippen molar-refractivity contribution in [2.45, 2.75) is 32.2 Å². The normalized spacial score (nSPS) is 15.2. The van der Waals surface area contributed by atoms with Crippen LogP contribution in [0.1, 0.15) is 24.7 Å². The van der Waals surface area contributed by atoms with E-state index >= 15 is 0 Å². The van der Waals surface area contributed by atoms with Crippen molar-refractivity contribution in [2.24, 2.45) is 0 Å². The second kappa shape index (κ2) is 5.52. The molecule has 1 aromatic carbocycles. The molecule has 2 aromatic rings. The standard InChI is InChI=1S/C16H19N3O2/c1-10(7-12-3-2-6-21-12)18-15-9-14-11(8-13(15)17)4-5-16(20)19-14/h2-3,6,8-10,18H,4-5,7,17H2,1H3,(H,19,20). The van der Waals surface area contributed by atoms with Crippen LogP contribution in [0.2, 0.25) is 0 Å². The number of aryl methyl sites for hydroxylation is 1. The van der Waals surface area contributed by atoms with E-state index in [1.807, 2.05) is 24.3 Å². The number of fused-ring (bicyclic) bond motifs is 1. The van der Waals surface area contributed by atoms with Gasteiger partial charge in [0.2, 0.25) is 5.91 Å². The second-order valence-corrected chi connectivity index (χ2v) is 5.47. The van der Waals surface area contributed by atoms with Gasteiger partial charge in [-0.3, -0.25) is 4.79 Å². The van der Waals surface area contributed by atoms with Gasteiger partial charge in [0, 0.05) is 24.6 Å². The van der Waals surface area contributed by atoms with Gasteiger partial charge in [-0.1, -0.05) is 0 Å². The van der Waals surface area contributed by atoms with E-state index in [0.717, 1.165) is 35.5 Å². The van der Waals surface area contributed by atoms with Crippen molar-refractivity contribution in [3.05, 3.63) is 41.9 Å². The van der Waals surface area contributed by atoms with E-state index in [2.05, 4.69) is 17.6 Å².